The summed E-state index contributed by atoms with van der Waals surface area (Å²) in [4.78, 5) is 8.05. The van der Waals surface area contributed by atoms with Gasteiger partial charge in [0.1, 0.15) is 12.1 Å². The minimum Gasteiger partial charge on any atom is -0.338 e. The molecule has 1 aromatic carbocycles. The molecule has 0 amide bonds. The third-order valence-electron chi connectivity index (χ3n) is 1.85. The van der Waals surface area contributed by atoms with Crippen molar-refractivity contribution in [3.63, 3.8) is 0 Å². The number of anilines is 2. The van der Waals surface area contributed by atoms with Gasteiger partial charge in [-0.3, -0.25) is 0 Å². The molecule has 0 aliphatic carbocycles. The summed E-state index contributed by atoms with van der Waals surface area (Å²) in [5.41, 5.74) is 0.939. The highest BCUT2D eigenvalue weighted by Crippen LogP contribution is 2.30. The number of hydrogen-bond donors (Lipinski definition) is 1. The van der Waals surface area contributed by atoms with Crippen LogP contribution >= 0.6 is 47.8 Å². The smallest absolute Gasteiger partial charge is 0.148 e. The van der Waals surface area contributed by atoms with E-state index in [4.69, 9.17) is 0 Å². The first-order valence-electron chi connectivity index (χ1n) is 4.34. The van der Waals surface area contributed by atoms with Crippen molar-refractivity contribution in [2.24, 2.45) is 0 Å². The van der Waals surface area contributed by atoms with Crippen LogP contribution in [0.3, 0.4) is 0 Å². The van der Waals surface area contributed by atoms with Crippen LogP contribution in [0.25, 0.3) is 0 Å². The quantitative estimate of drug-likeness (QED) is 0.796. The molecule has 2 aromatic rings. The molecule has 1 N–H and O–H groups in total. The lowest BCUT2D eigenvalue weighted by molar-refractivity contribution is 1.15. The summed E-state index contributed by atoms with van der Waals surface area (Å²) in [6.07, 6.45) is 3.19. The summed E-state index contributed by atoms with van der Waals surface area (Å²) in [6, 6.07) is 5.89. The summed E-state index contributed by atoms with van der Waals surface area (Å²) in [5, 5.41) is 3.21. The maximum Gasteiger partial charge on any atom is 0.148 e. The maximum atomic E-state index is 4.14. The molecule has 0 saturated heterocycles. The molecule has 82 valence electrons. The Morgan fingerprint density at radius 2 is 1.88 bits per heavy atom. The Bertz CT molecular complexity index is 516. The molecule has 0 saturated carbocycles. The van der Waals surface area contributed by atoms with Crippen molar-refractivity contribution in [1.82, 2.24) is 9.97 Å². The molecular formula is C10H6Br3N3. The van der Waals surface area contributed by atoms with E-state index in [9.17, 15) is 0 Å². The van der Waals surface area contributed by atoms with Crippen LogP contribution in [-0.4, -0.2) is 9.97 Å². The first-order valence-corrected chi connectivity index (χ1v) is 6.72. The summed E-state index contributed by atoms with van der Waals surface area (Å²) >= 11 is 10.3. The van der Waals surface area contributed by atoms with E-state index in [2.05, 4.69) is 63.1 Å². The molecule has 0 spiro atoms. The van der Waals surface area contributed by atoms with Crippen LogP contribution in [-0.2, 0) is 0 Å². The molecular weight excluding hydrogens is 402 g/mol. The second-order valence-corrected chi connectivity index (χ2v) is 5.59. The highest BCUT2D eigenvalue weighted by Gasteiger charge is 2.04. The van der Waals surface area contributed by atoms with Crippen LogP contribution in [0.5, 0.6) is 0 Å². The fourth-order valence-electron chi connectivity index (χ4n) is 1.13. The van der Waals surface area contributed by atoms with Crippen molar-refractivity contribution in [1.29, 1.82) is 0 Å². The average molecular weight is 408 g/mol. The Morgan fingerprint density at radius 1 is 1.06 bits per heavy atom. The van der Waals surface area contributed by atoms with E-state index in [1.807, 2.05) is 18.2 Å². The van der Waals surface area contributed by atoms with E-state index in [0.717, 1.165) is 24.9 Å². The molecule has 0 fully saturated rings. The predicted octanol–water partition coefficient (Wildman–Crippen LogP) is 4.51. The zero-order valence-corrected chi connectivity index (χ0v) is 12.7. The molecule has 6 heteroatoms. The Morgan fingerprint density at radius 3 is 2.62 bits per heavy atom. The lowest BCUT2D eigenvalue weighted by Crippen LogP contribution is -1.95. The van der Waals surface area contributed by atoms with E-state index in [0.29, 0.717) is 0 Å². The van der Waals surface area contributed by atoms with Gasteiger partial charge in [0.2, 0.25) is 0 Å². The van der Waals surface area contributed by atoms with Gasteiger partial charge in [0.05, 0.1) is 10.2 Å². The molecule has 1 aromatic heterocycles. The van der Waals surface area contributed by atoms with Gasteiger partial charge in [0.25, 0.3) is 0 Å². The number of nitrogens with zero attached hydrogens (tertiary/aromatic N) is 2. The number of rotatable bonds is 2. The molecule has 0 aliphatic rings. The molecule has 1 heterocycles. The van der Waals surface area contributed by atoms with Crippen LogP contribution in [0, 0.1) is 0 Å². The summed E-state index contributed by atoms with van der Waals surface area (Å²) in [7, 11) is 0. The maximum absolute atomic E-state index is 4.14. The van der Waals surface area contributed by atoms with Gasteiger partial charge in [-0.2, -0.15) is 0 Å². The van der Waals surface area contributed by atoms with Crippen LogP contribution in [0.15, 0.2) is 44.1 Å². The lowest BCUT2D eigenvalue weighted by Gasteiger charge is -2.09. The number of aromatic nitrogens is 2. The zero-order valence-electron chi connectivity index (χ0n) is 7.92. The Hall–Kier alpha value is -0.460. The van der Waals surface area contributed by atoms with E-state index < -0.39 is 0 Å². The van der Waals surface area contributed by atoms with Crippen LogP contribution in [0.4, 0.5) is 11.5 Å². The Kier molecular flexibility index (Phi) is 3.94. The highest BCUT2D eigenvalue weighted by molar-refractivity contribution is 9.11. The Balaban J connectivity index is 2.34. The largest absolute Gasteiger partial charge is 0.338 e. The van der Waals surface area contributed by atoms with E-state index in [1.54, 1.807) is 6.20 Å². The van der Waals surface area contributed by atoms with Crippen molar-refractivity contribution >= 4 is 59.3 Å². The second-order valence-electron chi connectivity index (χ2n) is 2.97. The zero-order chi connectivity index (χ0) is 11.5. The van der Waals surface area contributed by atoms with Gasteiger partial charge in [-0.15, -0.1) is 0 Å². The van der Waals surface area contributed by atoms with E-state index in [-0.39, 0.29) is 0 Å². The number of halogens is 3. The fourth-order valence-corrected chi connectivity index (χ4v) is 2.15. The average Bonchev–Trinajstić information content (AvgIpc) is 2.27. The van der Waals surface area contributed by atoms with Crippen molar-refractivity contribution in [2.75, 3.05) is 5.32 Å². The van der Waals surface area contributed by atoms with E-state index >= 15 is 0 Å². The second kappa shape index (κ2) is 5.25. The van der Waals surface area contributed by atoms with Gasteiger partial charge in [-0.05, 0) is 50.1 Å². The summed E-state index contributed by atoms with van der Waals surface area (Å²) < 4.78 is 2.80. The topological polar surface area (TPSA) is 37.8 Å². The van der Waals surface area contributed by atoms with Crippen molar-refractivity contribution in [3.8, 4) is 0 Å². The van der Waals surface area contributed by atoms with Crippen molar-refractivity contribution in [2.45, 2.75) is 0 Å². The van der Waals surface area contributed by atoms with Gasteiger partial charge < -0.3 is 5.32 Å². The molecule has 0 bridgehead atoms. The molecule has 0 unspecified atom stereocenters. The van der Waals surface area contributed by atoms with Crippen LogP contribution < -0.4 is 5.32 Å². The van der Waals surface area contributed by atoms with Crippen LogP contribution in [0.1, 0.15) is 0 Å². The third kappa shape index (κ3) is 2.81. The molecule has 0 atom stereocenters. The van der Waals surface area contributed by atoms with Gasteiger partial charge in [-0.25, -0.2) is 9.97 Å². The normalized spacial score (nSPS) is 10.2. The Labute approximate surface area is 118 Å². The SMILES string of the molecule is Brc1ccc(Br)c(Nc2ncncc2Br)c1. The third-order valence-corrected chi connectivity index (χ3v) is 3.61. The summed E-state index contributed by atoms with van der Waals surface area (Å²) in [6.45, 7) is 0. The minimum absolute atomic E-state index is 0.730. The van der Waals surface area contributed by atoms with E-state index in [1.165, 1.54) is 6.33 Å². The molecule has 3 nitrogen and oxygen atoms in total. The predicted molar refractivity (Wildman–Crippen MR) is 74.9 cm³/mol. The van der Waals surface area contributed by atoms with Gasteiger partial charge in [-0.1, -0.05) is 15.9 Å². The minimum atomic E-state index is 0.730. The van der Waals surface area contributed by atoms with Gasteiger partial charge in [0.15, 0.2) is 0 Å². The lowest BCUT2D eigenvalue weighted by atomic mass is 10.3. The molecule has 0 radical (unpaired) electrons. The monoisotopic (exact) mass is 405 g/mol. The first kappa shape index (κ1) is 12.0. The number of benzene rings is 1. The van der Waals surface area contributed by atoms with Crippen LogP contribution in [0.2, 0.25) is 0 Å². The van der Waals surface area contributed by atoms with Crippen molar-refractivity contribution < 1.29 is 0 Å². The fraction of sp³-hybridized carbons (Fsp3) is 0. The van der Waals surface area contributed by atoms with Gasteiger partial charge >= 0.3 is 0 Å². The highest BCUT2D eigenvalue weighted by atomic mass is 79.9. The first-order chi connectivity index (χ1) is 7.66. The standard InChI is InChI=1S/C10H6Br3N3/c11-6-1-2-7(12)9(3-6)16-10-8(13)4-14-5-15-10/h1-5H,(H,14,15,16). The molecule has 0 aliphatic heterocycles. The number of hydrogen-bond acceptors (Lipinski definition) is 3. The molecule has 2 rings (SSSR count). The summed E-state index contributed by atoms with van der Waals surface area (Å²) in [5.74, 6) is 0.730. The van der Waals surface area contributed by atoms with Gasteiger partial charge in [0, 0.05) is 15.1 Å². The van der Waals surface area contributed by atoms with Crippen molar-refractivity contribution in [3.05, 3.63) is 44.1 Å². The number of nitrogens with one attached hydrogen (secondary N) is 1. The molecule has 16 heavy (non-hydrogen) atoms.